The third-order valence-electron chi connectivity index (χ3n) is 7.40. The van der Waals surface area contributed by atoms with Crippen molar-refractivity contribution in [3.8, 4) is 17.8 Å². The van der Waals surface area contributed by atoms with Crippen LogP contribution in [0.3, 0.4) is 0 Å². The van der Waals surface area contributed by atoms with Crippen molar-refractivity contribution in [2.75, 3.05) is 0 Å². The summed E-state index contributed by atoms with van der Waals surface area (Å²) in [4.78, 5) is 18.7. The Morgan fingerprint density at radius 2 is 1.62 bits per heavy atom. The third kappa shape index (κ3) is 4.46. The lowest BCUT2D eigenvalue weighted by atomic mass is 9.86. The van der Waals surface area contributed by atoms with Crippen LogP contribution in [-0.4, -0.2) is 16.1 Å². The van der Waals surface area contributed by atoms with Gasteiger partial charge in [0, 0.05) is 33.8 Å². The normalized spacial score (nSPS) is 17.0. The number of nitriles is 2. The molecule has 1 saturated carbocycles. The van der Waals surface area contributed by atoms with Gasteiger partial charge in [0.15, 0.2) is 5.78 Å². The minimum absolute atomic E-state index is 0.0644. The number of ketones is 1. The van der Waals surface area contributed by atoms with Crippen LogP contribution >= 0.6 is 0 Å². The summed E-state index contributed by atoms with van der Waals surface area (Å²) in [5, 5.41) is 19.4. The van der Waals surface area contributed by atoms with Crippen LogP contribution in [0.4, 0.5) is 5.82 Å². The number of benzene rings is 2. The zero-order valence-corrected chi connectivity index (χ0v) is 21.2. The first-order chi connectivity index (χ1) is 18.0. The summed E-state index contributed by atoms with van der Waals surface area (Å²) >= 11 is 0. The summed E-state index contributed by atoms with van der Waals surface area (Å²) in [5.74, 6) is 1.15. The van der Waals surface area contributed by atoms with Crippen molar-refractivity contribution in [3.05, 3.63) is 94.2 Å². The van der Waals surface area contributed by atoms with E-state index in [1.807, 2.05) is 61.5 Å². The average Bonchev–Trinajstić information content (AvgIpc) is 3.39. The Morgan fingerprint density at radius 1 is 0.973 bits per heavy atom. The maximum Gasteiger partial charge on any atom is 0.194 e. The standard InChI is InChI=1S/C32H28N4O/c1-21-17-26(18-29-30(24(19-33)20-34)27-15-9-10-16-28(27)31(29)37)36(25-13-7-4-8-14-25)32(21)35-22(2)23-11-5-3-6-12-23/h4,7-10,13-18,23H,3,5-6,11-12H2,1-2H3/b29-18-,35-22?. The quantitative estimate of drug-likeness (QED) is 0.218. The molecule has 0 N–H and O–H groups in total. The van der Waals surface area contributed by atoms with Gasteiger partial charge in [0.2, 0.25) is 0 Å². The molecule has 37 heavy (non-hydrogen) atoms. The number of carbonyl (C=O) groups excluding carboxylic acids is 1. The second kappa shape index (κ2) is 10.2. The number of para-hydroxylation sites is 1. The number of aryl methyl sites for hydroxylation is 1. The van der Waals surface area contributed by atoms with Gasteiger partial charge < -0.3 is 0 Å². The zero-order chi connectivity index (χ0) is 25.9. The smallest absolute Gasteiger partial charge is 0.194 e. The van der Waals surface area contributed by atoms with Crippen molar-refractivity contribution in [2.24, 2.45) is 10.9 Å². The number of hydrogen-bond acceptors (Lipinski definition) is 4. The van der Waals surface area contributed by atoms with Crippen molar-refractivity contribution in [2.45, 2.75) is 46.0 Å². The van der Waals surface area contributed by atoms with Crippen molar-refractivity contribution in [1.82, 2.24) is 4.57 Å². The molecule has 1 aromatic heterocycles. The van der Waals surface area contributed by atoms with E-state index in [4.69, 9.17) is 4.99 Å². The number of carbonyl (C=O) groups is 1. The molecule has 3 aromatic rings. The van der Waals surface area contributed by atoms with Crippen molar-refractivity contribution < 1.29 is 4.79 Å². The highest BCUT2D eigenvalue weighted by Crippen LogP contribution is 2.41. The highest BCUT2D eigenvalue weighted by Gasteiger charge is 2.32. The summed E-state index contributed by atoms with van der Waals surface area (Å²) in [6, 6.07) is 23.1. The molecular formula is C32H28N4O. The maximum absolute atomic E-state index is 13.5. The first-order valence-electron chi connectivity index (χ1n) is 12.8. The summed E-state index contributed by atoms with van der Waals surface area (Å²) in [6.45, 7) is 4.16. The number of aliphatic imine (C=N–C) groups is 1. The van der Waals surface area contributed by atoms with Crippen molar-refractivity contribution in [3.63, 3.8) is 0 Å². The molecule has 1 heterocycles. The molecule has 0 unspecified atom stereocenters. The largest absolute Gasteiger partial charge is 0.295 e. The van der Waals surface area contributed by atoms with Crippen LogP contribution in [0.2, 0.25) is 0 Å². The summed E-state index contributed by atoms with van der Waals surface area (Å²) in [5.41, 5.74) is 5.67. The molecule has 0 atom stereocenters. The molecule has 1 fully saturated rings. The molecule has 0 saturated heterocycles. The van der Waals surface area contributed by atoms with Crippen LogP contribution in [0.25, 0.3) is 17.3 Å². The number of fused-ring (bicyclic) bond motifs is 1. The molecule has 5 rings (SSSR count). The molecule has 0 amide bonds. The Bertz CT molecular complexity index is 1530. The molecule has 0 spiro atoms. The minimum atomic E-state index is -0.185. The fraction of sp³-hybridized carbons (Fsp3) is 0.250. The molecule has 0 radical (unpaired) electrons. The van der Waals surface area contributed by atoms with E-state index in [-0.39, 0.29) is 11.4 Å². The van der Waals surface area contributed by atoms with Gasteiger partial charge >= 0.3 is 0 Å². The Morgan fingerprint density at radius 3 is 2.30 bits per heavy atom. The van der Waals surface area contributed by atoms with Crippen molar-refractivity contribution >= 4 is 29.0 Å². The summed E-state index contributed by atoms with van der Waals surface area (Å²) in [6.07, 6.45) is 7.92. The van der Waals surface area contributed by atoms with Gasteiger partial charge in [0.25, 0.3) is 0 Å². The highest BCUT2D eigenvalue weighted by atomic mass is 16.1. The number of rotatable bonds is 4. The number of allylic oxidation sites excluding steroid dienone is 3. The first-order valence-corrected chi connectivity index (χ1v) is 12.8. The molecule has 0 aliphatic heterocycles. The van der Waals surface area contributed by atoms with Crippen LogP contribution in [0.15, 0.2) is 76.8 Å². The van der Waals surface area contributed by atoms with E-state index >= 15 is 0 Å². The van der Waals surface area contributed by atoms with E-state index in [9.17, 15) is 15.3 Å². The van der Waals surface area contributed by atoms with Gasteiger partial charge in [0.1, 0.15) is 23.5 Å². The lowest BCUT2D eigenvalue weighted by molar-refractivity contribution is 0.104. The lowest BCUT2D eigenvalue weighted by Gasteiger charge is -2.21. The van der Waals surface area contributed by atoms with Gasteiger partial charge in [0.05, 0.1) is 0 Å². The summed E-state index contributed by atoms with van der Waals surface area (Å²) in [7, 11) is 0. The number of nitrogens with zero attached hydrogens (tertiary/aromatic N) is 4. The second-order valence-electron chi connectivity index (χ2n) is 9.74. The minimum Gasteiger partial charge on any atom is -0.295 e. The average molecular weight is 485 g/mol. The topological polar surface area (TPSA) is 81.9 Å². The molecule has 5 nitrogen and oxygen atoms in total. The predicted octanol–water partition coefficient (Wildman–Crippen LogP) is 7.54. The Kier molecular flexibility index (Phi) is 6.71. The fourth-order valence-corrected chi connectivity index (χ4v) is 5.52. The molecule has 182 valence electrons. The first kappa shape index (κ1) is 24.2. The van der Waals surface area contributed by atoms with Gasteiger partial charge in [-0.15, -0.1) is 0 Å². The van der Waals surface area contributed by atoms with E-state index in [1.165, 1.54) is 32.1 Å². The second-order valence-corrected chi connectivity index (χ2v) is 9.74. The number of hydrogen-bond donors (Lipinski definition) is 0. The van der Waals surface area contributed by atoms with Crippen LogP contribution in [0.5, 0.6) is 0 Å². The number of aromatic nitrogens is 1. The van der Waals surface area contributed by atoms with Gasteiger partial charge in [-0.25, -0.2) is 4.99 Å². The molecule has 2 aliphatic rings. The van der Waals surface area contributed by atoms with Crippen molar-refractivity contribution in [1.29, 1.82) is 10.5 Å². The van der Waals surface area contributed by atoms with Gasteiger partial charge in [-0.3, -0.25) is 9.36 Å². The van der Waals surface area contributed by atoms with Gasteiger partial charge in [-0.05, 0) is 68.0 Å². The Labute approximate surface area is 217 Å². The van der Waals surface area contributed by atoms with E-state index in [0.717, 1.165) is 28.5 Å². The van der Waals surface area contributed by atoms with E-state index in [2.05, 4.69) is 11.5 Å². The molecule has 2 aromatic carbocycles. The van der Waals surface area contributed by atoms with Gasteiger partial charge in [-0.2, -0.15) is 10.5 Å². The van der Waals surface area contributed by atoms with Crippen LogP contribution < -0.4 is 0 Å². The molecule has 5 heteroatoms. The third-order valence-corrected chi connectivity index (χ3v) is 7.40. The SMILES string of the molecule is CC(=Nc1c(C)cc(/C=C2\C(=O)c3ccccc3C2=C(C#N)C#N)n1-c1ccccc1)C1CCCCC1. The van der Waals surface area contributed by atoms with E-state index in [0.29, 0.717) is 28.2 Å². The zero-order valence-electron chi connectivity index (χ0n) is 21.2. The highest BCUT2D eigenvalue weighted by molar-refractivity contribution is 6.29. The molecule has 0 bridgehead atoms. The Balaban J connectivity index is 1.72. The predicted molar refractivity (Wildman–Crippen MR) is 147 cm³/mol. The van der Waals surface area contributed by atoms with E-state index < -0.39 is 0 Å². The lowest BCUT2D eigenvalue weighted by Crippen LogP contribution is -2.15. The molecule has 2 aliphatic carbocycles. The van der Waals surface area contributed by atoms with Crippen LogP contribution in [0.1, 0.15) is 66.2 Å². The molecular weight excluding hydrogens is 456 g/mol. The van der Waals surface area contributed by atoms with Crippen LogP contribution in [-0.2, 0) is 0 Å². The monoisotopic (exact) mass is 484 g/mol. The fourth-order valence-electron chi connectivity index (χ4n) is 5.52. The summed E-state index contributed by atoms with van der Waals surface area (Å²) < 4.78 is 2.07. The number of Topliss-reactive ketones (excluding diaryl/α,β-unsaturated/α-hetero) is 1. The Hall–Kier alpha value is -4.48. The van der Waals surface area contributed by atoms with Gasteiger partial charge in [-0.1, -0.05) is 61.7 Å². The van der Waals surface area contributed by atoms with Crippen LogP contribution in [0, 0.1) is 35.5 Å². The van der Waals surface area contributed by atoms with E-state index in [1.54, 1.807) is 24.3 Å². The maximum atomic E-state index is 13.5.